The maximum Gasteiger partial charge on any atom is 0.421 e. The number of benzene rings is 3. The van der Waals surface area contributed by atoms with Crippen molar-refractivity contribution < 1.29 is 19.2 Å². The second kappa shape index (κ2) is 9.85. The Kier molecular flexibility index (Phi) is 7.00. The van der Waals surface area contributed by atoms with Crippen LogP contribution in [0.2, 0.25) is 0 Å². The number of amides is 2. The summed E-state index contributed by atoms with van der Waals surface area (Å²) >= 11 is 3.42. The van der Waals surface area contributed by atoms with Crippen LogP contribution in [0.1, 0.15) is 43.4 Å². The number of nitro groups is 1. The first-order valence-corrected chi connectivity index (χ1v) is 12.4. The summed E-state index contributed by atoms with van der Waals surface area (Å²) in [5, 5.41) is 12.0. The van der Waals surface area contributed by atoms with Crippen LogP contribution in [-0.2, 0) is 21.4 Å². The Labute approximate surface area is 218 Å². The summed E-state index contributed by atoms with van der Waals surface area (Å²) in [6, 6.07) is 23.6. The van der Waals surface area contributed by atoms with Crippen molar-refractivity contribution in [2.45, 2.75) is 44.1 Å². The molecule has 0 unspecified atom stereocenters. The van der Waals surface area contributed by atoms with Crippen molar-refractivity contribution in [3.05, 3.63) is 110 Å². The van der Waals surface area contributed by atoms with Crippen LogP contribution >= 0.6 is 15.9 Å². The van der Waals surface area contributed by atoms with Gasteiger partial charge in [0.05, 0.1) is 17.0 Å². The van der Waals surface area contributed by atoms with Crippen LogP contribution in [0.3, 0.4) is 0 Å². The van der Waals surface area contributed by atoms with Gasteiger partial charge in [-0.3, -0.25) is 14.9 Å². The van der Waals surface area contributed by atoms with Crippen LogP contribution in [0.25, 0.3) is 0 Å². The molecule has 0 radical (unpaired) electrons. The van der Waals surface area contributed by atoms with Crippen molar-refractivity contribution in [2.75, 3.05) is 11.4 Å². The monoisotopic (exact) mass is 550 g/mol. The molecule has 8 heteroatoms. The van der Waals surface area contributed by atoms with Crippen LogP contribution in [0.15, 0.2) is 83.3 Å². The van der Waals surface area contributed by atoms with Crippen molar-refractivity contribution in [3.63, 3.8) is 0 Å². The third-order valence-electron chi connectivity index (χ3n) is 6.31. The Morgan fingerprint density at radius 2 is 1.64 bits per heavy atom. The van der Waals surface area contributed by atoms with Gasteiger partial charge in [-0.1, -0.05) is 76.6 Å². The molecule has 1 aliphatic rings. The van der Waals surface area contributed by atoms with E-state index in [1.165, 1.54) is 0 Å². The van der Waals surface area contributed by atoms with Gasteiger partial charge in [0.15, 0.2) is 0 Å². The highest BCUT2D eigenvalue weighted by Crippen LogP contribution is 2.52. The molecule has 0 N–H and O–H groups in total. The van der Waals surface area contributed by atoms with E-state index in [0.717, 1.165) is 14.9 Å². The van der Waals surface area contributed by atoms with Gasteiger partial charge in [-0.05, 0) is 62.1 Å². The molecule has 2 amide bonds. The molecule has 2 atom stereocenters. The van der Waals surface area contributed by atoms with Gasteiger partial charge in [-0.2, -0.15) is 0 Å². The zero-order chi connectivity index (χ0) is 26.1. The highest BCUT2D eigenvalue weighted by molar-refractivity contribution is 9.10. The molecule has 0 saturated heterocycles. The lowest BCUT2D eigenvalue weighted by molar-refractivity contribution is -0.485. The number of imide groups is 1. The minimum atomic E-state index is -1.41. The molecule has 4 rings (SSSR count). The minimum absolute atomic E-state index is 0.178. The molecule has 0 spiro atoms. The minimum Gasteiger partial charge on any atom is -0.443 e. The standard InChI is InChI=1S/C28H27BrN2O5/c1-27(2,3)36-26(33)31-24-12-8-7-11-22(24)28(25(31)32,17-19-9-5-4-6-10-19)23(18-30(34)35)20-13-15-21(29)16-14-20/h4-16,23H,17-18H2,1-3H3/t23-,28-/m0/s1. The van der Waals surface area contributed by atoms with E-state index in [4.69, 9.17) is 4.74 Å². The molecule has 3 aromatic carbocycles. The first-order chi connectivity index (χ1) is 17.0. The van der Waals surface area contributed by atoms with E-state index in [1.54, 1.807) is 69.3 Å². The summed E-state index contributed by atoms with van der Waals surface area (Å²) in [6.07, 6.45) is -0.622. The summed E-state index contributed by atoms with van der Waals surface area (Å²) in [7, 11) is 0. The van der Waals surface area contributed by atoms with Crippen LogP contribution in [-0.4, -0.2) is 29.1 Å². The molecule has 0 aromatic heterocycles. The number of hydrogen-bond donors (Lipinski definition) is 0. The second-order valence-corrected chi connectivity index (χ2v) is 10.8. The molecule has 0 saturated carbocycles. The molecular formula is C28H27BrN2O5. The zero-order valence-corrected chi connectivity index (χ0v) is 21.9. The van der Waals surface area contributed by atoms with Crippen LogP contribution < -0.4 is 4.90 Å². The first-order valence-electron chi connectivity index (χ1n) is 11.6. The van der Waals surface area contributed by atoms with E-state index < -0.39 is 40.4 Å². The van der Waals surface area contributed by atoms with Gasteiger partial charge < -0.3 is 4.74 Å². The lowest BCUT2D eigenvalue weighted by Gasteiger charge is -2.35. The summed E-state index contributed by atoms with van der Waals surface area (Å²) in [6.45, 7) is 4.69. The fraction of sp³-hybridized carbons (Fsp3) is 0.286. The zero-order valence-electron chi connectivity index (χ0n) is 20.3. The van der Waals surface area contributed by atoms with Crippen molar-refractivity contribution >= 4 is 33.6 Å². The summed E-state index contributed by atoms with van der Waals surface area (Å²) in [5.74, 6) is -1.38. The van der Waals surface area contributed by atoms with Crippen LogP contribution in [0.4, 0.5) is 10.5 Å². The molecule has 0 bridgehead atoms. The number of hydrogen-bond acceptors (Lipinski definition) is 5. The Balaban J connectivity index is 1.98. The Bertz CT molecular complexity index is 1290. The molecule has 36 heavy (non-hydrogen) atoms. The number of rotatable bonds is 6. The fourth-order valence-electron chi connectivity index (χ4n) is 4.90. The van der Waals surface area contributed by atoms with E-state index in [0.29, 0.717) is 16.8 Å². The second-order valence-electron chi connectivity index (χ2n) is 9.89. The molecule has 0 fully saturated rings. The normalized spacial score (nSPS) is 18.0. The van der Waals surface area contributed by atoms with Crippen molar-refractivity contribution in [2.24, 2.45) is 0 Å². The highest BCUT2D eigenvalue weighted by Gasteiger charge is 2.59. The number of carbonyl (C=O) groups is 2. The quantitative estimate of drug-likeness (QED) is 0.266. The number of ether oxygens (including phenoxy) is 1. The Morgan fingerprint density at radius 3 is 2.25 bits per heavy atom. The molecule has 7 nitrogen and oxygen atoms in total. The summed E-state index contributed by atoms with van der Waals surface area (Å²) < 4.78 is 6.42. The average molecular weight is 551 g/mol. The van der Waals surface area contributed by atoms with Gasteiger partial charge in [0.1, 0.15) is 5.60 Å². The van der Waals surface area contributed by atoms with E-state index in [9.17, 15) is 19.7 Å². The lowest BCUT2D eigenvalue weighted by atomic mass is 9.65. The van der Waals surface area contributed by atoms with Crippen molar-refractivity contribution in [3.8, 4) is 0 Å². The predicted octanol–water partition coefficient (Wildman–Crippen LogP) is 6.27. The third kappa shape index (κ3) is 4.91. The Hall–Kier alpha value is -3.52. The van der Waals surface area contributed by atoms with Gasteiger partial charge in [0.2, 0.25) is 12.5 Å². The number of carbonyl (C=O) groups excluding carboxylic acids is 2. The smallest absolute Gasteiger partial charge is 0.421 e. The number of halogens is 1. The van der Waals surface area contributed by atoms with Gasteiger partial charge in [0, 0.05) is 9.40 Å². The number of nitrogens with zero attached hydrogens (tertiary/aromatic N) is 2. The predicted molar refractivity (Wildman–Crippen MR) is 141 cm³/mol. The lowest BCUT2D eigenvalue weighted by Crippen LogP contribution is -2.50. The van der Waals surface area contributed by atoms with Gasteiger partial charge in [0.25, 0.3) is 0 Å². The molecule has 0 aliphatic carbocycles. The first kappa shape index (κ1) is 25.6. The van der Waals surface area contributed by atoms with E-state index in [2.05, 4.69) is 15.9 Å². The number of anilines is 1. The summed E-state index contributed by atoms with van der Waals surface area (Å²) in [4.78, 5) is 40.5. The van der Waals surface area contributed by atoms with E-state index >= 15 is 0 Å². The molecule has 3 aromatic rings. The van der Waals surface area contributed by atoms with E-state index in [-0.39, 0.29) is 6.42 Å². The maximum atomic E-state index is 14.5. The summed E-state index contributed by atoms with van der Waals surface area (Å²) in [5.41, 5.74) is 0.188. The Morgan fingerprint density at radius 1 is 1.03 bits per heavy atom. The molecule has 1 aliphatic heterocycles. The third-order valence-corrected chi connectivity index (χ3v) is 6.84. The van der Waals surface area contributed by atoms with Gasteiger partial charge >= 0.3 is 6.09 Å². The van der Waals surface area contributed by atoms with Gasteiger partial charge in [-0.15, -0.1) is 0 Å². The molecular weight excluding hydrogens is 524 g/mol. The van der Waals surface area contributed by atoms with Crippen molar-refractivity contribution in [1.29, 1.82) is 0 Å². The van der Waals surface area contributed by atoms with Crippen LogP contribution in [0, 0.1) is 10.1 Å². The van der Waals surface area contributed by atoms with E-state index in [1.807, 2.05) is 30.3 Å². The highest BCUT2D eigenvalue weighted by atomic mass is 79.9. The number of para-hydroxylation sites is 1. The topological polar surface area (TPSA) is 89.8 Å². The average Bonchev–Trinajstić information content (AvgIpc) is 3.06. The SMILES string of the molecule is CC(C)(C)OC(=O)N1C(=O)[C@](Cc2ccccc2)([C@@H](C[N+](=O)[O-])c2ccc(Br)cc2)c2ccccc21. The number of fused-ring (bicyclic) bond motifs is 1. The largest absolute Gasteiger partial charge is 0.443 e. The fourth-order valence-corrected chi connectivity index (χ4v) is 5.16. The van der Waals surface area contributed by atoms with Crippen LogP contribution in [0.5, 0.6) is 0 Å². The van der Waals surface area contributed by atoms with Gasteiger partial charge in [-0.25, -0.2) is 9.69 Å². The molecule has 1 heterocycles. The maximum absolute atomic E-state index is 14.5. The molecule has 186 valence electrons. The van der Waals surface area contributed by atoms with Crippen molar-refractivity contribution in [1.82, 2.24) is 0 Å².